The van der Waals surface area contributed by atoms with Crippen LogP contribution in [0, 0.1) is 5.92 Å². The lowest BCUT2D eigenvalue weighted by Gasteiger charge is -2.32. The van der Waals surface area contributed by atoms with Crippen molar-refractivity contribution in [1.29, 1.82) is 0 Å². The zero-order valence-electron chi connectivity index (χ0n) is 14.3. The molecule has 24 heavy (non-hydrogen) atoms. The third-order valence-corrected chi connectivity index (χ3v) is 6.86. The molecule has 1 aromatic rings. The highest BCUT2D eigenvalue weighted by Gasteiger charge is 2.30. The van der Waals surface area contributed by atoms with E-state index in [0.717, 1.165) is 44.1 Å². The van der Waals surface area contributed by atoms with Gasteiger partial charge in [-0.3, -0.25) is 4.79 Å². The third kappa shape index (κ3) is 4.13. The van der Waals surface area contributed by atoms with Crippen molar-refractivity contribution in [3.8, 4) is 0 Å². The molecule has 5 nitrogen and oxygen atoms in total. The molecule has 1 atom stereocenters. The highest BCUT2D eigenvalue weighted by atomic mass is 32.2. The monoisotopic (exact) mass is 349 g/mol. The maximum absolute atomic E-state index is 12.5. The average molecular weight is 350 g/mol. The van der Waals surface area contributed by atoms with Crippen LogP contribution in [-0.4, -0.2) is 45.0 Å². The molecule has 1 unspecified atom stereocenters. The van der Waals surface area contributed by atoms with Crippen LogP contribution in [0.5, 0.6) is 0 Å². The van der Waals surface area contributed by atoms with Crippen LogP contribution in [0.1, 0.15) is 69.0 Å². The molecular formula is C18H27N3O2S. The van der Waals surface area contributed by atoms with Gasteiger partial charge in [0.15, 0.2) is 5.82 Å². The van der Waals surface area contributed by atoms with E-state index in [9.17, 15) is 4.79 Å². The van der Waals surface area contributed by atoms with Gasteiger partial charge in [-0.05, 0) is 44.4 Å². The van der Waals surface area contributed by atoms with Crippen molar-refractivity contribution in [2.75, 3.05) is 18.8 Å². The van der Waals surface area contributed by atoms with Crippen LogP contribution < -0.4 is 0 Å². The maximum Gasteiger partial charge on any atom is 0.232 e. The van der Waals surface area contributed by atoms with Gasteiger partial charge in [0.2, 0.25) is 11.8 Å². The lowest BCUT2D eigenvalue weighted by Crippen LogP contribution is -2.41. The second-order valence-corrected chi connectivity index (χ2v) is 8.88. The number of aromatic nitrogens is 2. The van der Waals surface area contributed by atoms with Crippen molar-refractivity contribution < 1.29 is 9.32 Å². The number of hydrogen-bond acceptors (Lipinski definition) is 5. The van der Waals surface area contributed by atoms with Crippen LogP contribution in [0.15, 0.2) is 4.52 Å². The van der Waals surface area contributed by atoms with Crippen molar-refractivity contribution in [3.63, 3.8) is 0 Å². The third-order valence-electron chi connectivity index (χ3n) is 5.51. The Morgan fingerprint density at radius 1 is 1.17 bits per heavy atom. The summed E-state index contributed by atoms with van der Waals surface area (Å²) in [6.07, 6.45) is 10.7. The highest BCUT2D eigenvalue weighted by molar-refractivity contribution is 8.00. The predicted octanol–water partition coefficient (Wildman–Crippen LogP) is 3.40. The Labute approximate surface area is 147 Å². The molecule has 2 aliphatic carbocycles. The van der Waals surface area contributed by atoms with Crippen LogP contribution in [0.25, 0.3) is 0 Å². The van der Waals surface area contributed by atoms with Gasteiger partial charge in [-0.25, -0.2) is 0 Å². The summed E-state index contributed by atoms with van der Waals surface area (Å²) in [6, 6.07) is 0. The summed E-state index contributed by atoms with van der Waals surface area (Å²) in [5.74, 6) is 3.63. The summed E-state index contributed by atoms with van der Waals surface area (Å²) in [6.45, 7) is 1.77. The van der Waals surface area contributed by atoms with Gasteiger partial charge in [0.05, 0.1) is 5.75 Å². The first-order valence-corrected chi connectivity index (χ1v) is 10.5. The van der Waals surface area contributed by atoms with Gasteiger partial charge >= 0.3 is 0 Å². The zero-order valence-corrected chi connectivity index (χ0v) is 15.1. The Morgan fingerprint density at radius 2 is 2.00 bits per heavy atom. The fourth-order valence-corrected chi connectivity index (χ4v) is 5.13. The molecule has 1 aromatic heterocycles. The smallest absolute Gasteiger partial charge is 0.232 e. The summed E-state index contributed by atoms with van der Waals surface area (Å²) in [7, 11) is 0. The Balaban J connectivity index is 1.25. The molecule has 2 saturated carbocycles. The summed E-state index contributed by atoms with van der Waals surface area (Å²) >= 11 is 1.87. The van der Waals surface area contributed by atoms with E-state index in [1.54, 1.807) is 0 Å². The van der Waals surface area contributed by atoms with Gasteiger partial charge in [0.1, 0.15) is 0 Å². The number of hydrogen-bond donors (Lipinski definition) is 0. The van der Waals surface area contributed by atoms with Crippen LogP contribution in [0.3, 0.4) is 0 Å². The average Bonchev–Trinajstić information content (AvgIpc) is 3.12. The first-order chi connectivity index (χ1) is 11.8. The first kappa shape index (κ1) is 16.4. The molecular weight excluding hydrogens is 322 g/mol. The normalized spacial score (nSPS) is 25.3. The Kier molecular flexibility index (Phi) is 5.11. The van der Waals surface area contributed by atoms with Crippen LogP contribution >= 0.6 is 11.8 Å². The molecule has 6 heteroatoms. The Hall–Kier alpha value is -1.04. The molecule has 4 rings (SSSR count). The van der Waals surface area contributed by atoms with Crippen LogP contribution in [0.4, 0.5) is 0 Å². The zero-order chi connectivity index (χ0) is 16.4. The number of likely N-dealkylation sites (tertiary alicyclic amines) is 1. The van der Waals surface area contributed by atoms with Crippen molar-refractivity contribution in [2.45, 2.75) is 69.0 Å². The van der Waals surface area contributed by atoms with Gasteiger partial charge in [0, 0.05) is 30.7 Å². The second-order valence-electron chi connectivity index (χ2n) is 7.59. The molecule has 0 spiro atoms. The molecule has 1 aliphatic heterocycles. The molecule has 2 heterocycles. The number of rotatable bonds is 6. The first-order valence-electron chi connectivity index (χ1n) is 9.50. The molecule has 0 N–H and O–H groups in total. The Morgan fingerprint density at radius 3 is 2.79 bits per heavy atom. The van der Waals surface area contributed by atoms with Crippen LogP contribution in [0.2, 0.25) is 0 Å². The quantitative estimate of drug-likeness (QED) is 0.788. The standard InChI is InChI=1S/C18H27N3O2S/c22-17(12-24-15-5-1-2-6-15)21-9-3-4-13(11-21)10-16-19-18(20-23-16)14-7-8-14/h13-15H,1-12H2. The van der Waals surface area contributed by atoms with Crippen molar-refractivity contribution in [2.24, 2.45) is 5.92 Å². The van der Waals surface area contributed by atoms with E-state index in [1.807, 2.05) is 11.8 Å². The van der Waals surface area contributed by atoms with Crippen molar-refractivity contribution >= 4 is 17.7 Å². The highest BCUT2D eigenvalue weighted by Crippen LogP contribution is 2.38. The molecule has 132 valence electrons. The maximum atomic E-state index is 12.5. The SMILES string of the molecule is O=C(CSC1CCCC1)N1CCCC(Cc2nc(C3CC3)no2)C1. The summed E-state index contributed by atoms with van der Waals surface area (Å²) in [4.78, 5) is 19.1. The fourth-order valence-electron chi connectivity index (χ4n) is 3.90. The largest absolute Gasteiger partial charge is 0.342 e. The van der Waals surface area contributed by atoms with Gasteiger partial charge in [-0.1, -0.05) is 18.0 Å². The number of amides is 1. The van der Waals surface area contributed by atoms with E-state index in [0.29, 0.717) is 28.7 Å². The molecule has 0 radical (unpaired) electrons. The molecule has 3 aliphatic rings. The summed E-state index contributed by atoms with van der Waals surface area (Å²) < 4.78 is 5.41. The van der Waals surface area contributed by atoms with E-state index < -0.39 is 0 Å². The summed E-state index contributed by atoms with van der Waals surface area (Å²) in [5, 5.41) is 4.82. The molecule has 1 saturated heterocycles. The van der Waals surface area contributed by atoms with E-state index in [4.69, 9.17) is 4.52 Å². The molecule has 1 amide bonds. The minimum atomic E-state index is 0.320. The van der Waals surface area contributed by atoms with E-state index in [-0.39, 0.29) is 0 Å². The molecule has 0 aromatic carbocycles. The predicted molar refractivity (Wildman–Crippen MR) is 94.0 cm³/mol. The van der Waals surface area contributed by atoms with Gasteiger partial charge in [-0.2, -0.15) is 4.98 Å². The van der Waals surface area contributed by atoms with Gasteiger partial charge in [-0.15, -0.1) is 11.8 Å². The van der Waals surface area contributed by atoms with E-state index in [1.165, 1.54) is 38.5 Å². The lowest BCUT2D eigenvalue weighted by atomic mass is 9.95. The number of carbonyl (C=O) groups excluding carboxylic acids is 1. The number of nitrogens with zero attached hydrogens (tertiary/aromatic N) is 3. The van der Waals surface area contributed by atoms with Crippen LogP contribution in [-0.2, 0) is 11.2 Å². The van der Waals surface area contributed by atoms with Gasteiger partial charge < -0.3 is 9.42 Å². The van der Waals surface area contributed by atoms with Crippen molar-refractivity contribution in [3.05, 3.63) is 11.7 Å². The molecule has 3 fully saturated rings. The van der Waals surface area contributed by atoms with Crippen molar-refractivity contribution in [1.82, 2.24) is 15.0 Å². The summed E-state index contributed by atoms with van der Waals surface area (Å²) in [5.41, 5.74) is 0. The second kappa shape index (κ2) is 7.46. The van der Waals surface area contributed by atoms with Gasteiger partial charge in [0.25, 0.3) is 0 Å². The van der Waals surface area contributed by atoms with E-state index >= 15 is 0 Å². The van der Waals surface area contributed by atoms with E-state index in [2.05, 4.69) is 15.0 Å². The lowest BCUT2D eigenvalue weighted by molar-refractivity contribution is -0.130. The molecule has 0 bridgehead atoms. The minimum absolute atomic E-state index is 0.320. The number of carbonyl (C=O) groups is 1. The number of thioether (sulfide) groups is 1. The minimum Gasteiger partial charge on any atom is -0.342 e. The number of piperidine rings is 1. The fraction of sp³-hybridized carbons (Fsp3) is 0.833. The topological polar surface area (TPSA) is 59.2 Å². The Bertz CT molecular complexity index is 566.